The van der Waals surface area contributed by atoms with Crippen molar-refractivity contribution in [3.63, 3.8) is 0 Å². The first-order chi connectivity index (χ1) is 8.88. The highest BCUT2D eigenvalue weighted by molar-refractivity contribution is 14.1. The van der Waals surface area contributed by atoms with Crippen molar-refractivity contribution < 1.29 is 18.0 Å². The maximum absolute atomic E-state index is 12.5. The van der Waals surface area contributed by atoms with Crippen molar-refractivity contribution in [1.82, 2.24) is 9.36 Å². The van der Waals surface area contributed by atoms with Gasteiger partial charge in [-0.1, -0.05) is 0 Å². The molecule has 0 radical (unpaired) electrons. The number of amides is 1. The molecule has 0 aliphatic rings. The minimum absolute atomic E-state index is 0.156. The average molecular weight is 399 g/mol. The predicted octanol–water partition coefficient (Wildman–Crippen LogP) is 3.41. The zero-order valence-corrected chi connectivity index (χ0v) is 12.0. The normalized spacial score (nSPS) is 11.4. The molecule has 0 unspecified atom stereocenters. The number of halogens is 4. The van der Waals surface area contributed by atoms with E-state index in [1.54, 1.807) is 22.6 Å². The maximum Gasteiger partial charge on any atom is 0.416 e. The van der Waals surface area contributed by atoms with E-state index in [9.17, 15) is 18.0 Å². The fourth-order valence-electron chi connectivity index (χ4n) is 1.27. The van der Waals surface area contributed by atoms with Gasteiger partial charge in [0.2, 0.25) is 5.13 Å². The number of anilines is 1. The fourth-order valence-corrected chi connectivity index (χ4v) is 2.46. The fraction of sp³-hybridized carbons (Fsp3) is 0.100. The molecule has 4 nitrogen and oxygen atoms in total. The summed E-state index contributed by atoms with van der Waals surface area (Å²) in [6, 6.07) is 2.94. The third-order valence-electron chi connectivity index (χ3n) is 2.12. The zero-order valence-electron chi connectivity index (χ0n) is 9.03. The summed E-state index contributed by atoms with van der Waals surface area (Å²) in [6.07, 6.45) is -3.15. The second-order valence-electron chi connectivity index (χ2n) is 3.39. The van der Waals surface area contributed by atoms with Crippen LogP contribution in [0, 0.1) is 3.57 Å². The summed E-state index contributed by atoms with van der Waals surface area (Å²) in [5.74, 6) is -0.519. The number of aromatic nitrogens is 2. The molecule has 2 rings (SSSR count). The van der Waals surface area contributed by atoms with Gasteiger partial charge in [0, 0.05) is 15.1 Å². The Morgan fingerprint density at radius 3 is 2.63 bits per heavy atom. The van der Waals surface area contributed by atoms with E-state index in [4.69, 9.17) is 0 Å². The highest BCUT2D eigenvalue weighted by Crippen LogP contribution is 2.31. The minimum Gasteiger partial charge on any atom is -0.297 e. The van der Waals surface area contributed by atoms with Gasteiger partial charge in [0.05, 0.1) is 11.1 Å². The highest BCUT2D eigenvalue weighted by atomic mass is 127. The third kappa shape index (κ3) is 3.41. The summed E-state index contributed by atoms with van der Waals surface area (Å²) in [4.78, 5) is 15.6. The van der Waals surface area contributed by atoms with Crippen LogP contribution in [-0.4, -0.2) is 15.3 Å². The number of alkyl halides is 3. The van der Waals surface area contributed by atoms with Gasteiger partial charge in [-0.05, 0) is 40.8 Å². The lowest BCUT2D eigenvalue weighted by Crippen LogP contribution is -2.14. The van der Waals surface area contributed by atoms with E-state index in [2.05, 4.69) is 14.7 Å². The number of carbonyl (C=O) groups is 1. The predicted molar refractivity (Wildman–Crippen MR) is 72.0 cm³/mol. The quantitative estimate of drug-likeness (QED) is 0.788. The van der Waals surface area contributed by atoms with Crippen molar-refractivity contribution in [2.24, 2.45) is 0 Å². The first-order valence-corrected chi connectivity index (χ1v) is 6.68. The van der Waals surface area contributed by atoms with E-state index in [1.807, 2.05) is 0 Å². The van der Waals surface area contributed by atoms with Crippen LogP contribution in [0.4, 0.5) is 18.3 Å². The van der Waals surface area contributed by atoms with E-state index in [-0.39, 0.29) is 9.13 Å². The van der Waals surface area contributed by atoms with Crippen LogP contribution < -0.4 is 5.32 Å². The SMILES string of the molecule is O=C(Nc1ncns1)c1ccc(C(F)(F)F)cc1I. The van der Waals surface area contributed by atoms with Crippen molar-refractivity contribution in [2.75, 3.05) is 5.32 Å². The first-order valence-electron chi connectivity index (χ1n) is 4.82. The monoisotopic (exact) mass is 399 g/mol. The van der Waals surface area contributed by atoms with Gasteiger partial charge in [0.25, 0.3) is 5.91 Å². The Hall–Kier alpha value is -1.23. The summed E-state index contributed by atoms with van der Waals surface area (Å²) in [5.41, 5.74) is -0.631. The summed E-state index contributed by atoms with van der Waals surface area (Å²) >= 11 is 2.67. The lowest BCUT2D eigenvalue weighted by atomic mass is 10.1. The van der Waals surface area contributed by atoms with E-state index in [1.165, 1.54) is 6.33 Å². The second-order valence-corrected chi connectivity index (χ2v) is 5.34. The van der Waals surface area contributed by atoms with Gasteiger partial charge < -0.3 is 0 Å². The number of hydrogen-bond donors (Lipinski definition) is 1. The smallest absolute Gasteiger partial charge is 0.297 e. The molecule has 0 saturated carbocycles. The van der Waals surface area contributed by atoms with Crippen LogP contribution in [0.5, 0.6) is 0 Å². The molecule has 100 valence electrons. The first kappa shape index (κ1) is 14.2. The van der Waals surface area contributed by atoms with Gasteiger partial charge in [-0.25, -0.2) is 4.98 Å². The third-order valence-corrected chi connectivity index (χ3v) is 3.60. The van der Waals surface area contributed by atoms with Gasteiger partial charge in [-0.3, -0.25) is 10.1 Å². The molecule has 1 heterocycles. The van der Waals surface area contributed by atoms with E-state index >= 15 is 0 Å². The van der Waals surface area contributed by atoms with Crippen LogP contribution in [0.25, 0.3) is 0 Å². The molecule has 9 heteroatoms. The summed E-state index contributed by atoms with van der Waals surface area (Å²) in [7, 11) is 0. The van der Waals surface area contributed by atoms with E-state index < -0.39 is 17.6 Å². The Bertz CT molecular complexity index is 601. The lowest BCUT2D eigenvalue weighted by molar-refractivity contribution is -0.137. The Labute approximate surface area is 123 Å². The van der Waals surface area contributed by atoms with Crippen molar-refractivity contribution in [3.8, 4) is 0 Å². The molecule has 0 spiro atoms. The molecular weight excluding hydrogens is 394 g/mol. The number of carbonyl (C=O) groups excluding carboxylic acids is 1. The largest absolute Gasteiger partial charge is 0.416 e. The Morgan fingerprint density at radius 2 is 2.11 bits per heavy atom. The maximum atomic E-state index is 12.5. The standard InChI is InChI=1S/C10H5F3IN3OS/c11-10(12,13)5-1-2-6(7(14)3-5)8(18)17-9-15-4-16-19-9/h1-4H,(H,15,16,17,18). The van der Waals surface area contributed by atoms with Gasteiger partial charge in [0.15, 0.2) is 0 Å². The van der Waals surface area contributed by atoms with E-state index in [0.29, 0.717) is 5.13 Å². The van der Waals surface area contributed by atoms with Crippen molar-refractivity contribution in [1.29, 1.82) is 0 Å². The number of benzene rings is 1. The summed E-state index contributed by atoms with van der Waals surface area (Å²) in [5, 5.41) is 2.75. The van der Waals surface area contributed by atoms with Crippen LogP contribution in [0.2, 0.25) is 0 Å². The number of nitrogens with zero attached hydrogens (tertiary/aromatic N) is 2. The topological polar surface area (TPSA) is 54.9 Å². The molecule has 2 aromatic rings. The number of nitrogens with one attached hydrogen (secondary N) is 1. The minimum atomic E-state index is -4.42. The van der Waals surface area contributed by atoms with Crippen LogP contribution >= 0.6 is 34.1 Å². The Morgan fingerprint density at radius 1 is 1.37 bits per heavy atom. The highest BCUT2D eigenvalue weighted by Gasteiger charge is 2.31. The van der Waals surface area contributed by atoms with Crippen molar-refractivity contribution in [2.45, 2.75) is 6.18 Å². The Kier molecular flexibility index (Phi) is 4.04. The average Bonchev–Trinajstić information content (AvgIpc) is 2.80. The van der Waals surface area contributed by atoms with Crippen molar-refractivity contribution in [3.05, 3.63) is 39.2 Å². The molecule has 19 heavy (non-hydrogen) atoms. The van der Waals surface area contributed by atoms with Crippen LogP contribution in [0.15, 0.2) is 24.5 Å². The molecular formula is C10H5F3IN3OS. The molecule has 0 fully saturated rings. The molecule has 0 aliphatic carbocycles. The van der Waals surface area contributed by atoms with Gasteiger partial charge in [0.1, 0.15) is 6.33 Å². The Balaban J connectivity index is 2.24. The molecule has 1 amide bonds. The molecule has 0 bridgehead atoms. The van der Waals surface area contributed by atoms with Crippen LogP contribution in [-0.2, 0) is 6.18 Å². The van der Waals surface area contributed by atoms with Crippen LogP contribution in [0.1, 0.15) is 15.9 Å². The molecule has 0 atom stereocenters. The molecule has 1 aromatic heterocycles. The molecule has 0 saturated heterocycles. The van der Waals surface area contributed by atoms with Crippen LogP contribution in [0.3, 0.4) is 0 Å². The van der Waals surface area contributed by atoms with E-state index in [0.717, 1.165) is 29.7 Å². The zero-order chi connectivity index (χ0) is 14.0. The number of hydrogen-bond acceptors (Lipinski definition) is 4. The molecule has 1 aromatic carbocycles. The second kappa shape index (κ2) is 5.41. The van der Waals surface area contributed by atoms with Crippen molar-refractivity contribution >= 4 is 45.2 Å². The molecule has 0 aliphatic heterocycles. The van der Waals surface area contributed by atoms with Gasteiger partial charge in [-0.2, -0.15) is 17.5 Å². The summed E-state index contributed by atoms with van der Waals surface area (Å²) < 4.78 is 41.4. The number of rotatable bonds is 2. The molecule has 1 N–H and O–H groups in total. The lowest BCUT2D eigenvalue weighted by Gasteiger charge is -2.09. The van der Waals surface area contributed by atoms with Gasteiger partial charge >= 0.3 is 6.18 Å². The summed E-state index contributed by atoms with van der Waals surface area (Å²) in [6.45, 7) is 0. The van der Waals surface area contributed by atoms with Gasteiger partial charge in [-0.15, -0.1) is 0 Å².